The van der Waals surface area contributed by atoms with E-state index in [1.54, 1.807) is 48.5 Å². The zero-order valence-corrected chi connectivity index (χ0v) is 13.5. The molecule has 0 spiro atoms. The highest BCUT2D eigenvalue weighted by Crippen LogP contribution is 2.16. The molecule has 0 saturated carbocycles. The van der Waals surface area contributed by atoms with Gasteiger partial charge in [-0.1, -0.05) is 6.07 Å². The van der Waals surface area contributed by atoms with E-state index in [1.165, 1.54) is 12.4 Å². The van der Waals surface area contributed by atoms with Gasteiger partial charge in [-0.05, 0) is 42.5 Å². The van der Waals surface area contributed by atoms with Gasteiger partial charge in [-0.2, -0.15) is 10.5 Å². The van der Waals surface area contributed by atoms with Crippen LogP contribution in [0.3, 0.4) is 0 Å². The Kier molecular flexibility index (Phi) is 4.83. The van der Waals surface area contributed by atoms with Gasteiger partial charge in [0.25, 0.3) is 5.91 Å². The number of amides is 1. The topological polar surface area (TPSA) is 114 Å². The van der Waals surface area contributed by atoms with Crippen molar-refractivity contribution >= 4 is 23.1 Å². The second-order valence-corrected chi connectivity index (χ2v) is 5.25. The molecule has 7 heteroatoms. The first-order chi connectivity index (χ1) is 12.7. The third-order valence-electron chi connectivity index (χ3n) is 3.44. The molecule has 1 amide bonds. The Labute approximate surface area is 149 Å². The van der Waals surface area contributed by atoms with E-state index >= 15 is 0 Å². The Morgan fingerprint density at radius 2 is 1.65 bits per heavy atom. The number of nitriles is 2. The molecule has 0 saturated heterocycles. The quantitative estimate of drug-likeness (QED) is 0.753. The third-order valence-corrected chi connectivity index (χ3v) is 3.44. The Morgan fingerprint density at radius 1 is 0.885 bits per heavy atom. The van der Waals surface area contributed by atoms with Crippen LogP contribution in [0.2, 0.25) is 0 Å². The van der Waals surface area contributed by atoms with Crippen LogP contribution in [0.15, 0.2) is 60.9 Å². The summed E-state index contributed by atoms with van der Waals surface area (Å²) >= 11 is 0. The van der Waals surface area contributed by atoms with Gasteiger partial charge in [0.15, 0.2) is 0 Å². The summed E-state index contributed by atoms with van der Waals surface area (Å²) < 4.78 is 0. The molecule has 3 rings (SSSR count). The van der Waals surface area contributed by atoms with E-state index in [4.69, 9.17) is 10.5 Å². The smallest absolute Gasteiger partial charge is 0.274 e. The van der Waals surface area contributed by atoms with Crippen molar-refractivity contribution in [2.75, 3.05) is 10.6 Å². The Balaban J connectivity index is 1.74. The molecule has 0 atom stereocenters. The maximum absolute atomic E-state index is 12.4. The summed E-state index contributed by atoms with van der Waals surface area (Å²) in [7, 11) is 0. The fourth-order valence-corrected chi connectivity index (χ4v) is 2.19. The van der Waals surface area contributed by atoms with Crippen molar-refractivity contribution in [2.45, 2.75) is 0 Å². The maximum atomic E-state index is 12.4. The van der Waals surface area contributed by atoms with Gasteiger partial charge in [0.05, 0.1) is 23.3 Å². The lowest BCUT2D eigenvalue weighted by molar-refractivity contribution is 0.102. The molecule has 1 aromatic heterocycles. The van der Waals surface area contributed by atoms with Crippen LogP contribution >= 0.6 is 0 Å². The molecule has 3 aromatic rings. The molecule has 2 aromatic carbocycles. The Morgan fingerprint density at radius 3 is 2.38 bits per heavy atom. The number of hydrogen-bond donors (Lipinski definition) is 2. The molecule has 7 nitrogen and oxygen atoms in total. The van der Waals surface area contributed by atoms with Crippen LogP contribution in [0.25, 0.3) is 0 Å². The van der Waals surface area contributed by atoms with Crippen LogP contribution in [-0.4, -0.2) is 15.9 Å². The average Bonchev–Trinajstić information content (AvgIpc) is 2.69. The highest BCUT2D eigenvalue weighted by Gasteiger charge is 2.10. The summed E-state index contributed by atoms with van der Waals surface area (Å²) in [5.74, 6) is 0.0333. The van der Waals surface area contributed by atoms with Gasteiger partial charge < -0.3 is 10.6 Å². The summed E-state index contributed by atoms with van der Waals surface area (Å²) in [5.41, 5.74) is 2.43. The monoisotopic (exact) mass is 340 g/mol. The lowest BCUT2D eigenvalue weighted by Crippen LogP contribution is -2.14. The van der Waals surface area contributed by atoms with E-state index in [0.717, 1.165) is 5.69 Å². The molecule has 2 N–H and O–H groups in total. The third kappa shape index (κ3) is 3.99. The second-order valence-electron chi connectivity index (χ2n) is 5.25. The van der Waals surface area contributed by atoms with Crippen LogP contribution in [0.5, 0.6) is 0 Å². The number of nitrogens with one attached hydrogen (secondary N) is 2. The highest BCUT2D eigenvalue weighted by molar-refractivity contribution is 6.03. The first-order valence-electron chi connectivity index (χ1n) is 7.59. The van der Waals surface area contributed by atoms with Crippen LogP contribution < -0.4 is 10.6 Å². The number of anilines is 3. The van der Waals surface area contributed by atoms with Crippen LogP contribution in [0.1, 0.15) is 21.6 Å². The number of hydrogen-bond acceptors (Lipinski definition) is 6. The summed E-state index contributed by atoms with van der Waals surface area (Å²) in [6, 6.07) is 19.0. The van der Waals surface area contributed by atoms with Crippen LogP contribution in [0, 0.1) is 22.7 Å². The number of rotatable bonds is 4. The molecular formula is C19H12N6O. The minimum absolute atomic E-state index is 0.179. The van der Waals surface area contributed by atoms with Gasteiger partial charge >= 0.3 is 0 Å². The van der Waals surface area contributed by atoms with Gasteiger partial charge in [0.2, 0.25) is 0 Å². The number of aromatic nitrogens is 2. The molecule has 0 fully saturated rings. The lowest BCUT2D eigenvalue weighted by atomic mass is 10.2. The van der Waals surface area contributed by atoms with E-state index in [1.807, 2.05) is 12.1 Å². The average molecular weight is 340 g/mol. The standard InChI is InChI=1S/C19H12N6O/c20-10-13-4-6-15(7-5-13)24-18-9-17(22-12-23-18)19(26)25-16-3-1-2-14(8-16)11-21/h1-9,12H,(H,25,26)(H,22,23,24). The molecular weight excluding hydrogens is 328 g/mol. The molecule has 26 heavy (non-hydrogen) atoms. The fourth-order valence-electron chi connectivity index (χ4n) is 2.19. The largest absolute Gasteiger partial charge is 0.340 e. The minimum atomic E-state index is -0.412. The van der Waals surface area contributed by atoms with Crippen molar-refractivity contribution in [2.24, 2.45) is 0 Å². The SMILES string of the molecule is N#Cc1ccc(Nc2cc(C(=O)Nc3cccc(C#N)c3)ncn2)cc1. The normalized spacial score (nSPS) is 9.62. The van der Waals surface area contributed by atoms with Gasteiger partial charge in [0.1, 0.15) is 17.8 Å². The van der Waals surface area contributed by atoms with E-state index in [2.05, 4.69) is 20.6 Å². The molecule has 124 valence electrons. The zero-order chi connectivity index (χ0) is 18.4. The van der Waals surface area contributed by atoms with Crippen LogP contribution in [0.4, 0.5) is 17.2 Å². The fraction of sp³-hybridized carbons (Fsp3) is 0. The van der Waals surface area contributed by atoms with Gasteiger partial charge in [-0.25, -0.2) is 9.97 Å². The maximum Gasteiger partial charge on any atom is 0.274 e. The highest BCUT2D eigenvalue weighted by atomic mass is 16.1. The van der Waals surface area contributed by atoms with Crippen molar-refractivity contribution in [3.8, 4) is 12.1 Å². The van der Waals surface area contributed by atoms with Crippen molar-refractivity contribution in [3.63, 3.8) is 0 Å². The molecule has 0 aliphatic rings. The summed E-state index contributed by atoms with van der Waals surface area (Å²) in [6.45, 7) is 0. The molecule has 0 radical (unpaired) electrons. The number of carbonyl (C=O) groups is 1. The van der Waals surface area contributed by atoms with Gasteiger partial charge in [-0.3, -0.25) is 4.79 Å². The van der Waals surface area contributed by atoms with Crippen molar-refractivity contribution < 1.29 is 4.79 Å². The van der Waals surface area contributed by atoms with Gasteiger partial charge in [-0.15, -0.1) is 0 Å². The van der Waals surface area contributed by atoms with E-state index in [0.29, 0.717) is 22.6 Å². The van der Waals surface area contributed by atoms with E-state index in [9.17, 15) is 4.79 Å². The predicted molar refractivity (Wildman–Crippen MR) is 95.6 cm³/mol. The molecule has 0 aliphatic heterocycles. The first kappa shape index (κ1) is 16.6. The molecule has 0 aliphatic carbocycles. The summed E-state index contributed by atoms with van der Waals surface area (Å²) in [5, 5.41) is 23.5. The predicted octanol–water partition coefficient (Wildman–Crippen LogP) is 3.22. The van der Waals surface area contributed by atoms with Crippen LogP contribution in [-0.2, 0) is 0 Å². The van der Waals surface area contributed by atoms with Crippen molar-refractivity contribution in [1.82, 2.24) is 9.97 Å². The minimum Gasteiger partial charge on any atom is -0.340 e. The van der Waals surface area contributed by atoms with Gasteiger partial charge in [0, 0.05) is 17.4 Å². The van der Waals surface area contributed by atoms with E-state index < -0.39 is 5.91 Å². The van der Waals surface area contributed by atoms with E-state index in [-0.39, 0.29) is 5.69 Å². The number of carbonyl (C=O) groups excluding carboxylic acids is 1. The molecule has 1 heterocycles. The summed E-state index contributed by atoms with van der Waals surface area (Å²) in [6.07, 6.45) is 1.28. The zero-order valence-electron chi connectivity index (χ0n) is 13.5. The summed E-state index contributed by atoms with van der Waals surface area (Å²) in [4.78, 5) is 20.4. The second kappa shape index (κ2) is 7.56. The van der Waals surface area contributed by atoms with Crippen molar-refractivity contribution in [1.29, 1.82) is 10.5 Å². The Bertz CT molecular complexity index is 1030. The molecule has 0 unspecified atom stereocenters. The lowest BCUT2D eigenvalue weighted by Gasteiger charge is -2.08. The number of nitrogens with zero attached hydrogens (tertiary/aromatic N) is 4. The molecule has 0 bridgehead atoms. The first-order valence-corrected chi connectivity index (χ1v) is 7.59. The Hall–Kier alpha value is -4.23. The van der Waals surface area contributed by atoms with Crippen molar-refractivity contribution in [3.05, 3.63) is 77.7 Å². The number of benzene rings is 2.